The molecule has 0 aliphatic heterocycles. The summed E-state index contributed by atoms with van der Waals surface area (Å²) in [4.78, 5) is 3.06. The van der Waals surface area contributed by atoms with Crippen LogP contribution in [-0.4, -0.2) is 60.6 Å². The Hall–Kier alpha value is -3.06. The molecule has 12 heteroatoms. The first-order chi connectivity index (χ1) is 21.7. The monoisotopic (exact) mass is 669 g/mol. The van der Waals surface area contributed by atoms with Crippen molar-refractivity contribution in [2.24, 2.45) is 5.11 Å². The predicted octanol–water partition coefficient (Wildman–Crippen LogP) is 7.42. The third kappa shape index (κ3) is 11.9. The second kappa shape index (κ2) is 17.2. The average Bonchev–Trinajstić information content (AvgIpc) is 3.01. The molecule has 0 spiro atoms. The molecule has 3 aromatic rings. The van der Waals surface area contributed by atoms with Crippen LogP contribution in [0.4, 0.5) is 0 Å². The zero-order valence-electron chi connectivity index (χ0n) is 27.7. The van der Waals surface area contributed by atoms with Crippen molar-refractivity contribution in [3.05, 3.63) is 118 Å². The molecule has 0 heterocycles. The molecule has 46 heavy (non-hydrogen) atoms. The largest absolute Gasteiger partial charge is 0.414 e. The maximum absolute atomic E-state index is 12.7. The third-order valence-corrected chi connectivity index (χ3v) is 13.2. The van der Waals surface area contributed by atoms with Crippen molar-refractivity contribution in [1.82, 2.24) is 0 Å². The van der Waals surface area contributed by atoms with Gasteiger partial charge in [0.2, 0.25) is 0 Å². The maximum atomic E-state index is 12.7. The molecule has 250 valence electrons. The topological polar surface area (TPSA) is 129 Å². The second-order valence-corrected chi connectivity index (χ2v) is 19.2. The molecular formula is C34H47N3O7SSi. The standard InChI is InChI=1S/C34H47N3O7SSi/c1-33(2,3)46(5,6)43-27-34(26-36-37-35,42-24-30-20-14-9-15-21-30)32(41-23-29-18-12-8-13-19-29)31(44-45(4,38)39)25-40-22-28-16-10-7-11-17-28/h7-21,31-32H,22-27H2,1-6H3/t31-,32+,34-/m1/s1. The number of ether oxygens (including phenoxy) is 3. The Morgan fingerprint density at radius 3 is 1.80 bits per heavy atom. The highest BCUT2D eigenvalue weighted by Gasteiger charge is 2.49. The molecule has 0 aliphatic carbocycles. The van der Waals surface area contributed by atoms with Crippen LogP contribution < -0.4 is 0 Å². The first kappa shape index (κ1) is 37.4. The zero-order valence-corrected chi connectivity index (χ0v) is 29.5. The van der Waals surface area contributed by atoms with Gasteiger partial charge in [-0.15, -0.1) is 0 Å². The lowest BCUT2D eigenvalue weighted by Gasteiger charge is -2.45. The van der Waals surface area contributed by atoms with E-state index in [1.807, 2.05) is 91.0 Å². The van der Waals surface area contributed by atoms with Crippen LogP contribution in [0.1, 0.15) is 37.5 Å². The van der Waals surface area contributed by atoms with Gasteiger partial charge in [-0.3, -0.25) is 4.18 Å². The van der Waals surface area contributed by atoms with Crippen molar-refractivity contribution >= 4 is 18.4 Å². The quantitative estimate of drug-likeness (QED) is 0.0427. The van der Waals surface area contributed by atoms with Crippen molar-refractivity contribution in [1.29, 1.82) is 0 Å². The van der Waals surface area contributed by atoms with E-state index in [4.69, 9.17) is 22.8 Å². The molecule has 10 nitrogen and oxygen atoms in total. The van der Waals surface area contributed by atoms with Crippen molar-refractivity contribution in [2.75, 3.05) is 26.0 Å². The minimum absolute atomic E-state index is 0.0445. The van der Waals surface area contributed by atoms with Crippen LogP contribution >= 0.6 is 0 Å². The van der Waals surface area contributed by atoms with Gasteiger partial charge >= 0.3 is 0 Å². The summed E-state index contributed by atoms with van der Waals surface area (Å²) < 4.78 is 57.3. The van der Waals surface area contributed by atoms with E-state index in [1.165, 1.54) is 0 Å². The van der Waals surface area contributed by atoms with E-state index in [2.05, 4.69) is 43.9 Å². The number of nitrogens with zero attached hydrogens (tertiary/aromatic N) is 3. The zero-order chi connectivity index (χ0) is 33.7. The van der Waals surface area contributed by atoms with Crippen LogP contribution in [0.2, 0.25) is 18.1 Å². The minimum atomic E-state index is -4.01. The maximum Gasteiger partial charge on any atom is 0.264 e. The summed E-state index contributed by atoms with van der Waals surface area (Å²) in [6.07, 6.45) is -1.32. The molecule has 0 N–H and O–H groups in total. The van der Waals surface area contributed by atoms with E-state index >= 15 is 0 Å². The summed E-state index contributed by atoms with van der Waals surface area (Å²) in [5.41, 5.74) is 10.7. The van der Waals surface area contributed by atoms with Crippen LogP contribution in [0, 0.1) is 0 Å². The highest BCUT2D eigenvalue weighted by molar-refractivity contribution is 7.86. The summed E-state index contributed by atoms with van der Waals surface area (Å²) in [6.45, 7) is 10.6. The number of hydrogen-bond donors (Lipinski definition) is 0. The van der Waals surface area contributed by atoms with E-state index in [0.717, 1.165) is 22.9 Å². The molecule has 0 bridgehead atoms. The molecule has 0 saturated carbocycles. The fourth-order valence-corrected chi connectivity index (χ4v) is 6.12. The molecule has 0 amide bonds. The van der Waals surface area contributed by atoms with Crippen molar-refractivity contribution in [3.8, 4) is 0 Å². The van der Waals surface area contributed by atoms with Gasteiger partial charge < -0.3 is 18.6 Å². The Kier molecular flexibility index (Phi) is 14.0. The molecule has 3 atom stereocenters. The van der Waals surface area contributed by atoms with Crippen LogP contribution in [-0.2, 0) is 52.8 Å². The highest BCUT2D eigenvalue weighted by Crippen LogP contribution is 2.38. The van der Waals surface area contributed by atoms with Gasteiger partial charge in [0.25, 0.3) is 10.1 Å². The SMILES string of the molecule is CC(C)(C)[Si](C)(C)OC[C@@](CN=[N+]=[N-])(OCc1ccccc1)[C@@H](OCc1ccccc1)[C@@H](COCc1ccccc1)OS(C)(=O)=O. The van der Waals surface area contributed by atoms with E-state index in [9.17, 15) is 13.9 Å². The van der Waals surface area contributed by atoms with Crippen molar-refractivity contribution in [2.45, 2.75) is 76.5 Å². The molecular weight excluding hydrogens is 623 g/mol. The molecule has 0 saturated heterocycles. The van der Waals surface area contributed by atoms with Crippen LogP contribution in [0.3, 0.4) is 0 Å². The van der Waals surface area contributed by atoms with E-state index in [0.29, 0.717) is 0 Å². The molecule has 0 aromatic heterocycles. The van der Waals surface area contributed by atoms with Gasteiger partial charge in [0.05, 0.1) is 45.8 Å². The highest BCUT2D eigenvalue weighted by atomic mass is 32.2. The van der Waals surface area contributed by atoms with Gasteiger partial charge in [0.15, 0.2) is 8.32 Å². The summed E-state index contributed by atoms with van der Waals surface area (Å²) in [7, 11) is -6.42. The number of benzene rings is 3. The molecule has 3 rings (SSSR count). The van der Waals surface area contributed by atoms with Crippen molar-refractivity contribution < 1.29 is 31.2 Å². The first-order valence-corrected chi connectivity index (χ1v) is 20.0. The van der Waals surface area contributed by atoms with Gasteiger partial charge in [-0.2, -0.15) is 8.42 Å². The molecule has 0 radical (unpaired) electrons. The van der Waals surface area contributed by atoms with Gasteiger partial charge in [-0.25, -0.2) is 0 Å². The van der Waals surface area contributed by atoms with Crippen LogP contribution in [0.5, 0.6) is 0 Å². The Balaban J connectivity index is 2.13. The third-order valence-electron chi connectivity index (χ3n) is 8.07. The number of hydrogen-bond acceptors (Lipinski definition) is 8. The van der Waals surface area contributed by atoms with Crippen molar-refractivity contribution in [3.63, 3.8) is 0 Å². The van der Waals surface area contributed by atoms with Gasteiger partial charge in [0, 0.05) is 4.91 Å². The van der Waals surface area contributed by atoms with Gasteiger partial charge in [-0.1, -0.05) is 117 Å². The second-order valence-electron chi connectivity index (χ2n) is 12.8. The molecule has 0 fully saturated rings. The van der Waals surface area contributed by atoms with Crippen LogP contribution in [0.15, 0.2) is 96.1 Å². The number of azide groups is 1. The van der Waals surface area contributed by atoms with Gasteiger partial charge in [0.1, 0.15) is 17.8 Å². The fourth-order valence-electron chi connectivity index (χ4n) is 4.47. The lowest BCUT2D eigenvalue weighted by atomic mass is 9.92. The Morgan fingerprint density at radius 2 is 1.33 bits per heavy atom. The summed E-state index contributed by atoms with van der Waals surface area (Å²) in [5.74, 6) is 0. The smallest absolute Gasteiger partial charge is 0.264 e. The van der Waals surface area contributed by atoms with Gasteiger partial charge in [-0.05, 0) is 40.4 Å². The summed E-state index contributed by atoms with van der Waals surface area (Å²) >= 11 is 0. The lowest BCUT2D eigenvalue weighted by Crippen LogP contribution is -2.61. The lowest BCUT2D eigenvalue weighted by molar-refractivity contribution is -0.202. The normalized spacial score (nSPS) is 15.0. The summed E-state index contributed by atoms with van der Waals surface area (Å²) in [5, 5.41) is 3.81. The Morgan fingerprint density at radius 1 is 0.826 bits per heavy atom. The molecule has 0 aliphatic rings. The Labute approximate surface area is 274 Å². The summed E-state index contributed by atoms with van der Waals surface area (Å²) in [6, 6.07) is 28.6. The Bertz CT molecular complexity index is 1480. The average molecular weight is 670 g/mol. The predicted molar refractivity (Wildman–Crippen MR) is 182 cm³/mol. The fraction of sp³-hybridized carbons (Fsp3) is 0.471. The van der Waals surface area contributed by atoms with Crippen LogP contribution in [0.25, 0.3) is 10.4 Å². The molecule has 0 unspecified atom stereocenters. The van der Waals surface area contributed by atoms with E-state index < -0.39 is 36.2 Å². The first-order valence-electron chi connectivity index (χ1n) is 15.2. The number of rotatable bonds is 19. The van der Waals surface area contributed by atoms with E-state index in [-0.39, 0.29) is 44.6 Å². The van der Waals surface area contributed by atoms with E-state index in [1.54, 1.807) is 0 Å². The minimum Gasteiger partial charge on any atom is -0.414 e. The molecule has 3 aromatic carbocycles.